The molecule has 1 aromatic carbocycles. The maximum atomic E-state index is 6.02. The van der Waals surface area contributed by atoms with Crippen LogP contribution in [0.5, 0.6) is 0 Å². The third kappa shape index (κ3) is 3.84. The molecular formula is C15H19ClN4. The van der Waals surface area contributed by atoms with Gasteiger partial charge in [-0.05, 0) is 43.5 Å². The van der Waals surface area contributed by atoms with Gasteiger partial charge in [-0.3, -0.25) is 0 Å². The quantitative estimate of drug-likeness (QED) is 0.806. The van der Waals surface area contributed by atoms with Gasteiger partial charge in [0.25, 0.3) is 0 Å². The van der Waals surface area contributed by atoms with Crippen molar-refractivity contribution in [1.29, 1.82) is 0 Å². The van der Waals surface area contributed by atoms with Gasteiger partial charge in [0.15, 0.2) is 0 Å². The van der Waals surface area contributed by atoms with Crippen LogP contribution in [0.1, 0.15) is 24.5 Å². The van der Waals surface area contributed by atoms with Crippen molar-refractivity contribution in [2.24, 2.45) is 0 Å². The molecule has 1 heterocycles. The number of hydrogen-bond acceptors (Lipinski definition) is 4. The highest BCUT2D eigenvalue weighted by Crippen LogP contribution is 2.21. The van der Waals surface area contributed by atoms with Crippen LogP contribution in [0, 0.1) is 13.8 Å². The van der Waals surface area contributed by atoms with Crippen molar-refractivity contribution >= 4 is 29.1 Å². The van der Waals surface area contributed by atoms with E-state index in [2.05, 4.69) is 53.5 Å². The largest absolute Gasteiger partial charge is 0.354 e. The first-order valence-corrected chi connectivity index (χ1v) is 7.09. The van der Waals surface area contributed by atoms with Crippen molar-refractivity contribution in [2.45, 2.75) is 27.2 Å². The predicted molar refractivity (Wildman–Crippen MR) is 85.0 cm³/mol. The molecule has 0 aliphatic carbocycles. The summed E-state index contributed by atoms with van der Waals surface area (Å²) in [6.07, 6.45) is 1.01. The Balaban J connectivity index is 2.19. The van der Waals surface area contributed by atoms with Gasteiger partial charge < -0.3 is 10.6 Å². The minimum atomic E-state index is 0.421. The topological polar surface area (TPSA) is 49.8 Å². The lowest BCUT2D eigenvalue weighted by Crippen LogP contribution is -2.06. The van der Waals surface area contributed by atoms with E-state index in [1.165, 1.54) is 11.1 Å². The van der Waals surface area contributed by atoms with Crippen molar-refractivity contribution < 1.29 is 0 Å². The van der Waals surface area contributed by atoms with Gasteiger partial charge in [-0.25, -0.2) is 4.98 Å². The minimum absolute atomic E-state index is 0.421. The molecule has 0 aliphatic rings. The molecule has 20 heavy (non-hydrogen) atoms. The fourth-order valence-corrected chi connectivity index (χ4v) is 1.95. The number of hydrogen-bond donors (Lipinski definition) is 2. The van der Waals surface area contributed by atoms with Crippen molar-refractivity contribution in [3.63, 3.8) is 0 Å². The Hall–Kier alpha value is -1.81. The standard InChI is InChI=1S/C15H19ClN4/c1-4-7-17-15-19-13(16)9-14(20-15)18-12-6-5-10(2)11(3)8-12/h5-6,8-9H,4,7H2,1-3H3,(H2,17,18,19,20). The van der Waals surface area contributed by atoms with E-state index in [0.717, 1.165) is 18.7 Å². The Morgan fingerprint density at radius 3 is 2.60 bits per heavy atom. The number of aryl methyl sites for hydroxylation is 2. The fraction of sp³-hybridized carbons (Fsp3) is 0.333. The number of aromatic nitrogens is 2. The number of nitrogens with one attached hydrogen (secondary N) is 2. The van der Waals surface area contributed by atoms with Gasteiger partial charge in [0, 0.05) is 18.3 Å². The minimum Gasteiger partial charge on any atom is -0.354 e. The second kappa shape index (κ2) is 6.57. The van der Waals surface area contributed by atoms with Gasteiger partial charge in [0.05, 0.1) is 0 Å². The van der Waals surface area contributed by atoms with Gasteiger partial charge in [0.1, 0.15) is 11.0 Å². The molecule has 2 aromatic rings. The number of rotatable bonds is 5. The lowest BCUT2D eigenvalue weighted by atomic mass is 10.1. The van der Waals surface area contributed by atoms with E-state index >= 15 is 0 Å². The average Bonchev–Trinajstić information content (AvgIpc) is 2.40. The van der Waals surface area contributed by atoms with E-state index in [-0.39, 0.29) is 0 Å². The first-order chi connectivity index (χ1) is 9.58. The number of halogens is 1. The number of anilines is 3. The summed E-state index contributed by atoms with van der Waals surface area (Å²) in [5.74, 6) is 1.23. The third-order valence-corrected chi connectivity index (χ3v) is 3.20. The van der Waals surface area contributed by atoms with Crippen LogP contribution in [-0.4, -0.2) is 16.5 Å². The predicted octanol–water partition coefficient (Wildman–Crippen LogP) is 4.31. The summed E-state index contributed by atoms with van der Waals surface area (Å²) in [6.45, 7) is 7.09. The summed E-state index contributed by atoms with van der Waals surface area (Å²) in [5.41, 5.74) is 3.49. The van der Waals surface area contributed by atoms with Gasteiger partial charge in [-0.2, -0.15) is 4.98 Å². The van der Waals surface area contributed by atoms with Crippen molar-refractivity contribution in [1.82, 2.24) is 9.97 Å². The smallest absolute Gasteiger partial charge is 0.226 e. The highest BCUT2D eigenvalue weighted by Gasteiger charge is 2.04. The zero-order chi connectivity index (χ0) is 14.5. The molecular weight excluding hydrogens is 272 g/mol. The first kappa shape index (κ1) is 14.6. The second-order valence-electron chi connectivity index (χ2n) is 4.75. The molecule has 4 nitrogen and oxygen atoms in total. The van der Waals surface area contributed by atoms with Gasteiger partial charge >= 0.3 is 0 Å². The first-order valence-electron chi connectivity index (χ1n) is 6.71. The number of nitrogens with zero attached hydrogens (tertiary/aromatic N) is 2. The summed E-state index contributed by atoms with van der Waals surface area (Å²) in [6, 6.07) is 7.91. The van der Waals surface area contributed by atoms with Crippen LogP contribution in [0.2, 0.25) is 5.15 Å². The van der Waals surface area contributed by atoms with Crippen LogP contribution in [0.4, 0.5) is 17.5 Å². The molecule has 0 spiro atoms. The van der Waals surface area contributed by atoms with Crippen LogP contribution in [-0.2, 0) is 0 Å². The lowest BCUT2D eigenvalue weighted by Gasteiger charge is -2.10. The molecule has 2 N–H and O–H groups in total. The van der Waals surface area contributed by atoms with E-state index in [1.54, 1.807) is 6.07 Å². The van der Waals surface area contributed by atoms with Gasteiger partial charge in [0.2, 0.25) is 5.95 Å². The molecule has 0 aliphatic heterocycles. The summed E-state index contributed by atoms with van der Waals surface area (Å²) >= 11 is 6.02. The molecule has 5 heteroatoms. The molecule has 0 radical (unpaired) electrons. The zero-order valence-corrected chi connectivity index (χ0v) is 12.8. The van der Waals surface area contributed by atoms with Crippen LogP contribution < -0.4 is 10.6 Å². The van der Waals surface area contributed by atoms with E-state index in [1.807, 2.05) is 6.07 Å². The molecule has 0 amide bonds. The molecule has 0 saturated carbocycles. The molecule has 0 saturated heterocycles. The average molecular weight is 291 g/mol. The Labute approximate surface area is 124 Å². The summed E-state index contributed by atoms with van der Waals surface area (Å²) < 4.78 is 0. The van der Waals surface area contributed by atoms with Crippen molar-refractivity contribution in [2.75, 3.05) is 17.2 Å². The lowest BCUT2D eigenvalue weighted by molar-refractivity contribution is 0.953. The Morgan fingerprint density at radius 1 is 1.10 bits per heavy atom. The highest BCUT2D eigenvalue weighted by molar-refractivity contribution is 6.29. The SMILES string of the molecule is CCCNc1nc(Cl)cc(Nc2ccc(C)c(C)c2)n1. The van der Waals surface area contributed by atoms with E-state index in [4.69, 9.17) is 11.6 Å². The van der Waals surface area contributed by atoms with Crippen LogP contribution in [0.15, 0.2) is 24.3 Å². The fourth-order valence-electron chi connectivity index (χ4n) is 1.76. The molecule has 0 fully saturated rings. The maximum absolute atomic E-state index is 6.02. The highest BCUT2D eigenvalue weighted by atomic mass is 35.5. The van der Waals surface area contributed by atoms with E-state index < -0.39 is 0 Å². The summed E-state index contributed by atoms with van der Waals surface area (Å²) in [5, 5.41) is 6.81. The molecule has 0 atom stereocenters. The molecule has 106 valence electrons. The van der Waals surface area contributed by atoms with Crippen molar-refractivity contribution in [3.05, 3.63) is 40.5 Å². The van der Waals surface area contributed by atoms with Gasteiger partial charge in [-0.1, -0.05) is 24.6 Å². The monoisotopic (exact) mass is 290 g/mol. The van der Waals surface area contributed by atoms with Crippen LogP contribution in [0.25, 0.3) is 0 Å². The molecule has 1 aromatic heterocycles. The summed E-state index contributed by atoms with van der Waals surface area (Å²) in [4.78, 5) is 8.55. The van der Waals surface area contributed by atoms with E-state index in [9.17, 15) is 0 Å². The summed E-state index contributed by atoms with van der Waals surface area (Å²) in [7, 11) is 0. The second-order valence-corrected chi connectivity index (χ2v) is 5.14. The van der Waals surface area contributed by atoms with Crippen LogP contribution in [0.3, 0.4) is 0 Å². The Bertz CT molecular complexity index is 598. The number of benzene rings is 1. The van der Waals surface area contributed by atoms with Gasteiger partial charge in [-0.15, -0.1) is 0 Å². The zero-order valence-electron chi connectivity index (χ0n) is 12.0. The molecule has 0 unspecified atom stereocenters. The van der Waals surface area contributed by atoms with E-state index in [0.29, 0.717) is 16.9 Å². The van der Waals surface area contributed by atoms with Crippen molar-refractivity contribution in [3.8, 4) is 0 Å². The Kier molecular flexibility index (Phi) is 4.79. The Morgan fingerprint density at radius 2 is 1.90 bits per heavy atom. The normalized spacial score (nSPS) is 10.4. The third-order valence-electron chi connectivity index (χ3n) is 3.01. The molecule has 0 bridgehead atoms. The van der Waals surface area contributed by atoms with Crippen LogP contribution >= 0.6 is 11.6 Å². The maximum Gasteiger partial charge on any atom is 0.226 e. The molecule has 2 rings (SSSR count).